The van der Waals surface area contributed by atoms with Gasteiger partial charge in [-0.05, 0) is 29.8 Å². The van der Waals surface area contributed by atoms with Crippen molar-refractivity contribution in [1.29, 1.82) is 0 Å². The van der Waals surface area contributed by atoms with E-state index in [0.29, 0.717) is 28.4 Å². The van der Waals surface area contributed by atoms with E-state index in [1.807, 2.05) is 24.3 Å². The van der Waals surface area contributed by atoms with Gasteiger partial charge in [-0.2, -0.15) is 0 Å². The number of anilines is 1. The Hall–Kier alpha value is -2.02. The highest BCUT2D eigenvalue weighted by Crippen LogP contribution is 2.32. The summed E-state index contributed by atoms with van der Waals surface area (Å²) in [5.41, 5.74) is 2.84. The topological polar surface area (TPSA) is 70.6 Å². The number of hydrogen-bond acceptors (Lipinski definition) is 4. The van der Waals surface area contributed by atoms with Crippen LogP contribution in [0.2, 0.25) is 5.02 Å². The summed E-state index contributed by atoms with van der Waals surface area (Å²) in [7, 11) is 0. The van der Waals surface area contributed by atoms with Gasteiger partial charge in [0.15, 0.2) is 5.78 Å². The number of halogens is 2. The molecule has 7 heteroatoms. The molecule has 2 atom stereocenters. The molecule has 1 fully saturated rings. The molecule has 0 aliphatic carbocycles. The molecule has 2 aliphatic rings. The number of amides is 1. The number of carbonyl (C=O) groups excluding carboxylic acids is 2. The first-order valence-corrected chi connectivity index (χ1v) is 9.83. The second-order valence-electron chi connectivity index (χ2n) is 6.73. The summed E-state index contributed by atoms with van der Waals surface area (Å²) in [5, 5.41) is 6.60. The predicted octanol–water partition coefficient (Wildman–Crippen LogP) is 3.66. The summed E-state index contributed by atoms with van der Waals surface area (Å²) < 4.78 is 0.993. The molecule has 27 heavy (non-hydrogen) atoms. The van der Waals surface area contributed by atoms with E-state index in [-0.39, 0.29) is 30.1 Å². The smallest absolute Gasteiger partial charge is 0.229 e. The lowest BCUT2D eigenvalue weighted by molar-refractivity contribution is -0.119. The second kappa shape index (κ2) is 7.54. The first-order valence-electron chi connectivity index (χ1n) is 8.66. The Morgan fingerprint density at radius 3 is 2.93 bits per heavy atom. The first-order chi connectivity index (χ1) is 13.0. The summed E-state index contributed by atoms with van der Waals surface area (Å²) in [5.74, 6) is -0.281. The molecule has 0 spiro atoms. The van der Waals surface area contributed by atoms with Crippen LogP contribution in [0.15, 0.2) is 45.9 Å². The van der Waals surface area contributed by atoms with Gasteiger partial charge in [0.2, 0.25) is 5.91 Å². The SMILES string of the molecule is O=C1CN=Cc2cc(NC(=O)[C@@H]3CNC[C@H]3c3cccc(Br)c3)c(Cl)cc21. The lowest BCUT2D eigenvalue weighted by Crippen LogP contribution is -2.28. The van der Waals surface area contributed by atoms with Crippen LogP contribution in [0, 0.1) is 5.92 Å². The number of aliphatic imine (C=N–C) groups is 1. The van der Waals surface area contributed by atoms with Crippen molar-refractivity contribution >= 4 is 51.1 Å². The second-order valence-corrected chi connectivity index (χ2v) is 8.05. The lowest BCUT2D eigenvalue weighted by Gasteiger charge is -2.20. The molecule has 1 saturated heterocycles. The van der Waals surface area contributed by atoms with E-state index < -0.39 is 0 Å². The third-order valence-electron chi connectivity index (χ3n) is 4.99. The zero-order valence-electron chi connectivity index (χ0n) is 14.3. The zero-order chi connectivity index (χ0) is 19.0. The Morgan fingerprint density at radius 1 is 1.26 bits per heavy atom. The number of nitrogens with one attached hydrogen (secondary N) is 2. The van der Waals surface area contributed by atoms with Crippen LogP contribution >= 0.6 is 27.5 Å². The molecule has 2 N–H and O–H groups in total. The average Bonchev–Trinajstić information content (AvgIpc) is 3.13. The fourth-order valence-electron chi connectivity index (χ4n) is 3.61. The van der Waals surface area contributed by atoms with Gasteiger partial charge in [0.05, 0.1) is 16.6 Å². The van der Waals surface area contributed by atoms with Gasteiger partial charge >= 0.3 is 0 Å². The van der Waals surface area contributed by atoms with Gasteiger partial charge in [-0.15, -0.1) is 0 Å². The fourth-order valence-corrected chi connectivity index (χ4v) is 4.24. The first kappa shape index (κ1) is 18.3. The number of nitrogens with zero attached hydrogens (tertiary/aromatic N) is 1. The van der Waals surface area contributed by atoms with Crippen LogP contribution in [0.1, 0.15) is 27.4 Å². The number of rotatable bonds is 3. The normalized spacial score (nSPS) is 21.2. The minimum atomic E-state index is -0.207. The van der Waals surface area contributed by atoms with Gasteiger partial charge in [-0.1, -0.05) is 39.7 Å². The van der Waals surface area contributed by atoms with Crippen molar-refractivity contribution in [3.05, 3.63) is 62.6 Å². The van der Waals surface area contributed by atoms with E-state index in [0.717, 1.165) is 16.6 Å². The van der Waals surface area contributed by atoms with Crippen LogP contribution < -0.4 is 10.6 Å². The third kappa shape index (κ3) is 3.70. The standard InChI is InChI=1S/C20H17BrClN3O2/c21-13-3-1-2-11(4-13)15-8-24-9-16(15)20(27)25-18-5-12-7-23-10-19(26)14(12)6-17(18)22/h1-7,15-16,24H,8-10H2,(H,25,27)/t15-,16+/m0/s1. The van der Waals surface area contributed by atoms with Crippen LogP contribution in [0.3, 0.4) is 0 Å². The van der Waals surface area contributed by atoms with Crippen LogP contribution in [0.5, 0.6) is 0 Å². The zero-order valence-corrected chi connectivity index (χ0v) is 16.7. The van der Waals surface area contributed by atoms with E-state index in [1.165, 1.54) is 0 Å². The number of Topliss-reactive ketones (excluding diaryl/α,β-unsaturated/α-hetero) is 1. The van der Waals surface area contributed by atoms with E-state index in [4.69, 9.17) is 11.6 Å². The Balaban J connectivity index is 1.57. The summed E-state index contributed by atoms with van der Waals surface area (Å²) >= 11 is 9.81. The summed E-state index contributed by atoms with van der Waals surface area (Å²) in [4.78, 5) is 28.9. The molecule has 2 heterocycles. The Bertz CT molecular complexity index is 960. The van der Waals surface area contributed by atoms with Crippen molar-refractivity contribution in [1.82, 2.24) is 5.32 Å². The van der Waals surface area contributed by atoms with E-state index >= 15 is 0 Å². The molecule has 0 unspecified atom stereocenters. The number of ketones is 1. The fraction of sp³-hybridized carbons (Fsp3) is 0.250. The lowest BCUT2D eigenvalue weighted by atomic mass is 9.88. The number of benzene rings is 2. The molecular weight excluding hydrogens is 430 g/mol. The van der Waals surface area contributed by atoms with Crippen molar-refractivity contribution in [2.24, 2.45) is 10.9 Å². The van der Waals surface area contributed by atoms with Gasteiger partial charge in [0.1, 0.15) is 6.54 Å². The maximum absolute atomic E-state index is 12.9. The van der Waals surface area contributed by atoms with Gasteiger partial charge in [0, 0.05) is 40.8 Å². The molecular formula is C20H17BrClN3O2. The van der Waals surface area contributed by atoms with E-state index in [2.05, 4.69) is 31.6 Å². The van der Waals surface area contributed by atoms with Crippen molar-refractivity contribution in [3.8, 4) is 0 Å². The third-order valence-corrected chi connectivity index (χ3v) is 5.80. The Morgan fingerprint density at radius 2 is 2.11 bits per heavy atom. The molecule has 2 aromatic carbocycles. The van der Waals surface area contributed by atoms with E-state index in [1.54, 1.807) is 18.3 Å². The van der Waals surface area contributed by atoms with Crippen molar-refractivity contribution < 1.29 is 9.59 Å². The largest absolute Gasteiger partial charge is 0.324 e. The van der Waals surface area contributed by atoms with Gasteiger partial charge in [-0.25, -0.2) is 0 Å². The number of carbonyl (C=O) groups is 2. The molecule has 0 radical (unpaired) electrons. The molecule has 2 aliphatic heterocycles. The molecule has 0 saturated carbocycles. The highest BCUT2D eigenvalue weighted by atomic mass is 79.9. The number of hydrogen-bond donors (Lipinski definition) is 2. The van der Waals surface area contributed by atoms with Crippen LogP contribution in [-0.4, -0.2) is 37.5 Å². The molecule has 5 nitrogen and oxygen atoms in total. The Kier molecular flexibility index (Phi) is 5.12. The number of fused-ring (bicyclic) bond motifs is 1. The van der Waals surface area contributed by atoms with Crippen LogP contribution in [0.25, 0.3) is 0 Å². The van der Waals surface area contributed by atoms with Crippen LogP contribution in [-0.2, 0) is 4.79 Å². The summed E-state index contributed by atoms with van der Waals surface area (Å²) in [6, 6.07) is 11.4. The van der Waals surface area contributed by atoms with Gasteiger partial charge in [0.25, 0.3) is 0 Å². The van der Waals surface area contributed by atoms with Gasteiger partial charge in [-0.3, -0.25) is 14.6 Å². The summed E-state index contributed by atoms with van der Waals surface area (Å²) in [6.45, 7) is 1.48. The van der Waals surface area contributed by atoms with Crippen molar-refractivity contribution in [3.63, 3.8) is 0 Å². The highest BCUT2D eigenvalue weighted by Gasteiger charge is 2.34. The van der Waals surface area contributed by atoms with Crippen molar-refractivity contribution in [2.45, 2.75) is 5.92 Å². The minimum Gasteiger partial charge on any atom is -0.324 e. The average molecular weight is 447 g/mol. The highest BCUT2D eigenvalue weighted by molar-refractivity contribution is 9.10. The van der Waals surface area contributed by atoms with Crippen molar-refractivity contribution in [2.75, 3.05) is 25.0 Å². The molecule has 1 amide bonds. The minimum absolute atomic E-state index is 0.0676. The van der Waals surface area contributed by atoms with E-state index in [9.17, 15) is 9.59 Å². The summed E-state index contributed by atoms with van der Waals surface area (Å²) in [6.07, 6.45) is 1.64. The Labute approximate surface area is 170 Å². The molecule has 4 rings (SSSR count). The van der Waals surface area contributed by atoms with Gasteiger partial charge < -0.3 is 10.6 Å². The maximum Gasteiger partial charge on any atom is 0.229 e. The van der Waals surface area contributed by atoms with Crippen LogP contribution in [0.4, 0.5) is 5.69 Å². The molecule has 2 aromatic rings. The predicted molar refractivity (Wildman–Crippen MR) is 110 cm³/mol. The quantitative estimate of drug-likeness (QED) is 0.756. The maximum atomic E-state index is 12.9. The molecule has 0 bridgehead atoms. The monoisotopic (exact) mass is 445 g/mol. The molecule has 0 aromatic heterocycles. The molecule has 138 valence electrons.